The second-order valence-corrected chi connectivity index (χ2v) is 3.22. The normalized spacial score (nSPS) is 37.0. The summed E-state index contributed by atoms with van der Waals surface area (Å²) >= 11 is 0. The zero-order valence-electron chi connectivity index (χ0n) is 6.20. The van der Waals surface area contributed by atoms with Gasteiger partial charge < -0.3 is 9.47 Å². The van der Waals surface area contributed by atoms with Crippen molar-refractivity contribution < 1.29 is 19.1 Å². The molecule has 2 saturated heterocycles. The molecule has 2 unspecified atom stereocenters. The second-order valence-electron chi connectivity index (χ2n) is 3.22. The Hall–Kier alpha value is -1.32. The Balaban J connectivity index is 2.18. The fraction of sp³-hybridized carbons (Fsp3) is 0.500. The van der Waals surface area contributed by atoms with Gasteiger partial charge in [-0.25, -0.2) is 4.79 Å². The Labute approximate surface area is 68.1 Å². The molecule has 0 aromatic rings. The molecule has 2 atom stereocenters. The third-order valence-electron chi connectivity index (χ3n) is 2.60. The van der Waals surface area contributed by atoms with Crippen molar-refractivity contribution in [3.8, 4) is 0 Å². The molecule has 3 heterocycles. The summed E-state index contributed by atoms with van der Waals surface area (Å²) in [5.74, 6) is -0.654. The third-order valence-corrected chi connectivity index (χ3v) is 2.60. The number of rotatable bonds is 0. The van der Waals surface area contributed by atoms with Crippen molar-refractivity contribution in [2.24, 2.45) is 5.92 Å². The van der Waals surface area contributed by atoms with Crippen LogP contribution in [0.3, 0.4) is 0 Å². The zero-order valence-corrected chi connectivity index (χ0v) is 6.20. The molecule has 0 aromatic carbocycles. The van der Waals surface area contributed by atoms with Crippen LogP contribution in [0.4, 0.5) is 0 Å². The summed E-state index contributed by atoms with van der Waals surface area (Å²) in [7, 11) is 0. The predicted octanol–water partition coefficient (Wildman–Crippen LogP) is 0.133. The fourth-order valence-corrected chi connectivity index (χ4v) is 2.09. The Bertz CT molecular complexity index is 328. The molecule has 62 valence electrons. The van der Waals surface area contributed by atoms with Gasteiger partial charge in [-0.05, 0) is 6.42 Å². The highest BCUT2D eigenvalue weighted by Gasteiger charge is 2.54. The van der Waals surface area contributed by atoms with Crippen LogP contribution in [-0.2, 0) is 19.1 Å². The molecule has 0 saturated carbocycles. The Morgan fingerprint density at radius 3 is 2.92 bits per heavy atom. The van der Waals surface area contributed by atoms with Crippen molar-refractivity contribution >= 4 is 11.9 Å². The maximum absolute atomic E-state index is 11.1. The lowest BCUT2D eigenvalue weighted by atomic mass is 9.89. The minimum atomic E-state index is -0.498. The molecule has 0 N–H and O–H groups in total. The number of esters is 2. The summed E-state index contributed by atoms with van der Waals surface area (Å²) in [6, 6.07) is 0. The Morgan fingerprint density at radius 1 is 1.33 bits per heavy atom. The molecule has 12 heavy (non-hydrogen) atoms. The van der Waals surface area contributed by atoms with Crippen LogP contribution in [0.15, 0.2) is 11.3 Å². The summed E-state index contributed by atoms with van der Waals surface area (Å²) < 4.78 is 9.83. The predicted molar refractivity (Wildman–Crippen MR) is 35.7 cm³/mol. The molecule has 3 aliphatic rings. The Kier molecular flexibility index (Phi) is 0.885. The summed E-state index contributed by atoms with van der Waals surface area (Å²) in [6.45, 7) is 0. The standard InChI is InChI=1S/C8H6O4/c9-7-5-3-1-2-4(11-3)6(5)8(10)12-7/h3,5H,1-2H2. The molecule has 0 spiro atoms. The van der Waals surface area contributed by atoms with Crippen LogP contribution < -0.4 is 0 Å². The van der Waals surface area contributed by atoms with Gasteiger partial charge in [0, 0.05) is 6.42 Å². The molecule has 2 bridgehead atoms. The van der Waals surface area contributed by atoms with Crippen LogP contribution in [0.5, 0.6) is 0 Å². The minimum Gasteiger partial charge on any atom is -0.493 e. The fourth-order valence-electron chi connectivity index (χ4n) is 2.09. The number of cyclic esters (lactones) is 2. The second kappa shape index (κ2) is 1.71. The van der Waals surface area contributed by atoms with Crippen molar-refractivity contribution in [2.45, 2.75) is 18.9 Å². The highest BCUT2D eigenvalue weighted by molar-refractivity contribution is 6.09. The van der Waals surface area contributed by atoms with Gasteiger partial charge in [0.15, 0.2) is 0 Å². The quantitative estimate of drug-likeness (QED) is 0.379. The van der Waals surface area contributed by atoms with Gasteiger partial charge in [-0.3, -0.25) is 4.79 Å². The highest BCUT2D eigenvalue weighted by Crippen LogP contribution is 2.46. The number of ether oxygens (including phenoxy) is 2. The summed E-state index contributed by atoms with van der Waals surface area (Å²) in [5.41, 5.74) is 0.483. The van der Waals surface area contributed by atoms with E-state index in [1.54, 1.807) is 0 Å². The number of hydrogen-bond donors (Lipinski definition) is 0. The van der Waals surface area contributed by atoms with E-state index in [0.29, 0.717) is 11.3 Å². The van der Waals surface area contributed by atoms with E-state index in [-0.39, 0.29) is 6.10 Å². The first-order chi connectivity index (χ1) is 5.77. The SMILES string of the molecule is O=C1OC(=O)C2C1=C1CCC2O1. The first-order valence-electron chi connectivity index (χ1n) is 3.93. The molecule has 0 aromatic heterocycles. The van der Waals surface area contributed by atoms with Gasteiger partial charge >= 0.3 is 11.9 Å². The molecule has 0 aliphatic carbocycles. The van der Waals surface area contributed by atoms with Crippen molar-refractivity contribution in [3.63, 3.8) is 0 Å². The largest absolute Gasteiger partial charge is 0.493 e. The van der Waals surface area contributed by atoms with Crippen LogP contribution in [-0.4, -0.2) is 18.0 Å². The Morgan fingerprint density at radius 2 is 2.17 bits per heavy atom. The van der Waals surface area contributed by atoms with E-state index < -0.39 is 17.9 Å². The lowest BCUT2D eigenvalue weighted by Crippen LogP contribution is -2.21. The average Bonchev–Trinajstić information content (AvgIpc) is 2.64. The summed E-state index contributed by atoms with van der Waals surface area (Å²) in [4.78, 5) is 22.2. The molecule has 3 rings (SSSR count). The molecule has 0 amide bonds. The van der Waals surface area contributed by atoms with Gasteiger partial charge in [0.05, 0.1) is 5.57 Å². The zero-order chi connectivity index (χ0) is 8.29. The summed E-state index contributed by atoms with van der Waals surface area (Å²) in [6.07, 6.45) is 1.50. The van der Waals surface area contributed by atoms with Crippen LogP contribution in [0.2, 0.25) is 0 Å². The molecule has 2 fully saturated rings. The number of allylic oxidation sites excluding steroid dienone is 1. The number of carbonyl (C=O) groups is 2. The third kappa shape index (κ3) is 0.510. The highest BCUT2D eigenvalue weighted by atomic mass is 16.6. The van der Waals surface area contributed by atoms with Crippen LogP contribution in [0, 0.1) is 5.92 Å². The maximum atomic E-state index is 11.1. The minimum absolute atomic E-state index is 0.117. The molecule has 4 nitrogen and oxygen atoms in total. The first-order valence-corrected chi connectivity index (χ1v) is 3.93. The van der Waals surface area contributed by atoms with E-state index in [4.69, 9.17) is 4.74 Å². The molecular formula is C8H6O4. The van der Waals surface area contributed by atoms with E-state index in [2.05, 4.69) is 4.74 Å². The summed E-state index contributed by atoms with van der Waals surface area (Å²) in [5, 5.41) is 0. The lowest BCUT2D eigenvalue weighted by molar-refractivity contribution is -0.154. The molecule has 4 heteroatoms. The van der Waals surface area contributed by atoms with E-state index in [1.165, 1.54) is 0 Å². The van der Waals surface area contributed by atoms with Crippen LogP contribution in [0.25, 0.3) is 0 Å². The van der Waals surface area contributed by atoms with E-state index in [9.17, 15) is 9.59 Å². The smallest absolute Gasteiger partial charge is 0.346 e. The molecule has 3 aliphatic heterocycles. The van der Waals surface area contributed by atoms with Gasteiger partial charge in [-0.2, -0.15) is 0 Å². The molecular weight excluding hydrogens is 160 g/mol. The van der Waals surface area contributed by atoms with Gasteiger partial charge in [-0.1, -0.05) is 0 Å². The average molecular weight is 166 g/mol. The van der Waals surface area contributed by atoms with Crippen molar-refractivity contribution in [1.29, 1.82) is 0 Å². The van der Waals surface area contributed by atoms with E-state index in [1.807, 2.05) is 0 Å². The van der Waals surface area contributed by atoms with Crippen molar-refractivity contribution in [3.05, 3.63) is 11.3 Å². The monoisotopic (exact) mass is 166 g/mol. The van der Waals surface area contributed by atoms with Gasteiger partial charge in [0.25, 0.3) is 0 Å². The molecule has 0 radical (unpaired) electrons. The van der Waals surface area contributed by atoms with Gasteiger partial charge in [0.2, 0.25) is 0 Å². The maximum Gasteiger partial charge on any atom is 0.346 e. The number of carbonyl (C=O) groups excluding carboxylic acids is 2. The van der Waals surface area contributed by atoms with Crippen molar-refractivity contribution in [2.75, 3.05) is 0 Å². The first kappa shape index (κ1) is 6.22. The van der Waals surface area contributed by atoms with Gasteiger partial charge in [-0.15, -0.1) is 0 Å². The van der Waals surface area contributed by atoms with Crippen LogP contribution >= 0.6 is 0 Å². The van der Waals surface area contributed by atoms with Crippen LogP contribution in [0.1, 0.15) is 12.8 Å². The lowest BCUT2D eigenvalue weighted by Gasteiger charge is -2.07. The van der Waals surface area contributed by atoms with E-state index in [0.717, 1.165) is 12.8 Å². The number of fused-ring (bicyclic) bond motifs is 4. The topological polar surface area (TPSA) is 52.6 Å². The van der Waals surface area contributed by atoms with E-state index >= 15 is 0 Å². The number of hydrogen-bond acceptors (Lipinski definition) is 4. The van der Waals surface area contributed by atoms with Crippen molar-refractivity contribution in [1.82, 2.24) is 0 Å². The van der Waals surface area contributed by atoms with Gasteiger partial charge in [0.1, 0.15) is 17.8 Å².